The van der Waals surface area contributed by atoms with Gasteiger partial charge in [0.25, 0.3) is 5.91 Å². The molecular formula is C13H19N3O2. The Bertz CT molecular complexity index is 434. The molecule has 1 aliphatic rings. The molecule has 0 bridgehead atoms. The van der Waals surface area contributed by atoms with Gasteiger partial charge >= 0.3 is 0 Å². The van der Waals surface area contributed by atoms with Crippen LogP contribution in [0.1, 0.15) is 42.4 Å². The number of nitrogens with zero attached hydrogens (tertiary/aromatic N) is 3. The maximum absolute atomic E-state index is 12.3. The predicted octanol–water partition coefficient (Wildman–Crippen LogP) is 1.16. The van der Waals surface area contributed by atoms with Crippen molar-refractivity contribution >= 4 is 5.91 Å². The molecule has 98 valence electrons. The summed E-state index contributed by atoms with van der Waals surface area (Å²) < 4.78 is 0. The monoisotopic (exact) mass is 249 g/mol. The third-order valence-electron chi connectivity index (χ3n) is 3.27. The molecule has 5 nitrogen and oxygen atoms in total. The van der Waals surface area contributed by atoms with Crippen LogP contribution in [0.5, 0.6) is 0 Å². The number of carbonyl (C=O) groups excluding carboxylic acids is 1. The van der Waals surface area contributed by atoms with Crippen molar-refractivity contribution in [3.05, 3.63) is 23.8 Å². The Balaban J connectivity index is 2.12. The van der Waals surface area contributed by atoms with Gasteiger partial charge in [0.2, 0.25) is 0 Å². The topological polar surface area (TPSA) is 66.3 Å². The summed E-state index contributed by atoms with van der Waals surface area (Å²) in [5.41, 5.74) is 1.24. The highest BCUT2D eigenvalue weighted by Crippen LogP contribution is 2.23. The van der Waals surface area contributed by atoms with Gasteiger partial charge in [0.15, 0.2) is 0 Å². The summed E-state index contributed by atoms with van der Waals surface area (Å²) >= 11 is 0. The maximum atomic E-state index is 12.3. The first kappa shape index (κ1) is 13.0. The summed E-state index contributed by atoms with van der Waals surface area (Å²) in [6, 6.07) is 1.84. The van der Waals surface area contributed by atoms with E-state index in [4.69, 9.17) is 0 Å². The van der Waals surface area contributed by atoms with Crippen LogP contribution < -0.4 is 0 Å². The standard InChI is InChI=1S/C13H19N3O2/c1-9-6-12(15-8-14-9)13(18)16-5-3-4-11(16)7-10(2)17/h6,8,10-11,17H,3-5,7H2,1-2H3. The van der Waals surface area contributed by atoms with Gasteiger partial charge in [-0.25, -0.2) is 9.97 Å². The average molecular weight is 249 g/mol. The summed E-state index contributed by atoms with van der Waals surface area (Å²) in [7, 11) is 0. The lowest BCUT2D eigenvalue weighted by Crippen LogP contribution is -2.37. The summed E-state index contributed by atoms with van der Waals surface area (Å²) in [5.74, 6) is -0.0522. The Labute approximate surface area is 107 Å². The quantitative estimate of drug-likeness (QED) is 0.873. The minimum absolute atomic E-state index is 0.0522. The van der Waals surface area contributed by atoms with Gasteiger partial charge in [-0.2, -0.15) is 0 Å². The van der Waals surface area contributed by atoms with Crippen LogP contribution in [0.25, 0.3) is 0 Å². The van der Waals surface area contributed by atoms with E-state index in [1.807, 2.05) is 11.8 Å². The lowest BCUT2D eigenvalue weighted by molar-refractivity contribution is 0.0676. The van der Waals surface area contributed by atoms with Crippen LogP contribution in [-0.2, 0) is 0 Å². The molecule has 0 spiro atoms. The zero-order valence-electron chi connectivity index (χ0n) is 10.8. The fraction of sp³-hybridized carbons (Fsp3) is 0.615. The zero-order chi connectivity index (χ0) is 13.1. The van der Waals surface area contributed by atoms with E-state index in [9.17, 15) is 9.90 Å². The highest BCUT2D eigenvalue weighted by atomic mass is 16.3. The zero-order valence-corrected chi connectivity index (χ0v) is 10.8. The predicted molar refractivity (Wildman–Crippen MR) is 67.1 cm³/mol. The number of aromatic nitrogens is 2. The highest BCUT2D eigenvalue weighted by molar-refractivity contribution is 5.92. The van der Waals surface area contributed by atoms with Gasteiger partial charge in [-0.1, -0.05) is 0 Å². The molecule has 1 aromatic heterocycles. The molecule has 1 aliphatic heterocycles. The van der Waals surface area contributed by atoms with Crippen molar-refractivity contribution in [2.75, 3.05) is 6.54 Å². The summed E-state index contributed by atoms with van der Waals surface area (Å²) in [4.78, 5) is 22.2. The van der Waals surface area contributed by atoms with Crippen LogP contribution in [0.3, 0.4) is 0 Å². The molecule has 2 atom stereocenters. The molecule has 1 fully saturated rings. The minimum atomic E-state index is -0.379. The van der Waals surface area contributed by atoms with Gasteiger partial charge in [-0.05, 0) is 39.2 Å². The van der Waals surface area contributed by atoms with Crippen molar-refractivity contribution in [3.8, 4) is 0 Å². The Morgan fingerprint density at radius 1 is 1.61 bits per heavy atom. The minimum Gasteiger partial charge on any atom is -0.393 e. The molecular weight excluding hydrogens is 230 g/mol. The van der Waals surface area contributed by atoms with Gasteiger partial charge in [0.1, 0.15) is 12.0 Å². The average Bonchev–Trinajstić information content (AvgIpc) is 2.75. The first-order chi connectivity index (χ1) is 8.58. The molecule has 0 aliphatic carbocycles. The first-order valence-corrected chi connectivity index (χ1v) is 6.35. The molecule has 0 saturated carbocycles. The maximum Gasteiger partial charge on any atom is 0.272 e. The number of aryl methyl sites for hydroxylation is 1. The van der Waals surface area contributed by atoms with Crippen molar-refractivity contribution in [2.24, 2.45) is 0 Å². The lowest BCUT2D eigenvalue weighted by atomic mass is 10.1. The van der Waals surface area contributed by atoms with Crippen LogP contribution in [0.2, 0.25) is 0 Å². The van der Waals surface area contributed by atoms with Crippen molar-refractivity contribution in [1.82, 2.24) is 14.9 Å². The number of aliphatic hydroxyl groups excluding tert-OH is 1. The molecule has 2 rings (SSSR count). The highest BCUT2D eigenvalue weighted by Gasteiger charge is 2.30. The molecule has 1 saturated heterocycles. The number of likely N-dealkylation sites (tertiary alicyclic amines) is 1. The third kappa shape index (κ3) is 2.85. The van der Waals surface area contributed by atoms with E-state index in [-0.39, 0.29) is 18.1 Å². The molecule has 1 aromatic rings. The third-order valence-corrected chi connectivity index (χ3v) is 3.27. The molecule has 2 heterocycles. The van der Waals surface area contributed by atoms with E-state index in [1.165, 1.54) is 6.33 Å². The summed E-state index contributed by atoms with van der Waals surface area (Å²) in [5, 5.41) is 9.46. The number of carbonyl (C=O) groups is 1. The van der Waals surface area contributed by atoms with Gasteiger partial charge in [0.05, 0.1) is 6.10 Å². The fourth-order valence-corrected chi connectivity index (χ4v) is 2.46. The number of hydrogen-bond acceptors (Lipinski definition) is 4. The van der Waals surface area contributed by atoms with E-state index in [1.54, 1.807) is 13.0 Å². The second-order valence-corrected chi connectivity index (χ2v) is 4.92. The molecule has 0 aromatic carbocycles. The molecule has 1 amide bonds. The van der Waals surface area contributed by atoms with Crippen molar-refractivity contribution < 1.29 is 9.90 Å². The van der Waals surface area contributed by atoms with Crippen molar-refractivity contribution in [2.45, 2.75) is 45.3 Å². The Hall–Kier alpha value is -1.49. The molecule has 2 unspecified atom stereocenters. The molecule has 0 radical (unpaired) electrons. The normalized spacial score (nSPS) is 21.1. The largest absolute Gasteiger partial charge is 0.393 e. The van der Waals surface area contributed by atoms with Crippen molar-refractivity contribution in [1.29, 1.82) is 0 Å². The number of hydrogen-bond donors (Lipinski definition) is 1. The van der Waals surface area contributed by atoms with Crippen LogP contribution in [0.15, 0.2) is 12.4 Å². The SMILES string of the molecule is Cc1cc(C(=O)N2CCCC2CC(C)O)ncn1. The number of rotatable bonds is 3. The van der Waals surface area contributed by atoms with E-state index in [0.717, 1.165) is 25.1 Å². The smallest absolute Gasteiger partial charge is 0.272 e. The molecule has 5 heteroatoms. The number of amides is 1. The van der Waals surface area contributed by atoms with Crippen LogP contribution in [0, 0.1) is 6.92 Å². The second kappa shape index (κ2) is 5.44. The van der Waals surface area contributed by atoms with Gasteiger partial charge in [-0.3, -0.25) is 4.79 Å². The van der Waals surface area contributed by atoms with Gasteiger partial charge in [0, 0.05) is 18.3 Å². The van der Waals surface area contributed by atoms with E-state index in [2.05, 4.69) is 9.97 Å². The first-order valence-electron chi connectivity index (χ1n) is 6.35. The fourth-order valence-electron chi connectivity index (χ4n) is 2.46. The summed E-state index contributed by atoms with van der Waals surface area (Å²) in [6.45, 7) is 4.35. The molecule has 1 N–H and O–H groups in total. The van der Waals surface area contributed by atoms with Crippen LogP contribution in [0.4, 0.5) is 0 Å². The number of aliphatic hydroxyl groups is 1. The summed E-state index contributed by atoms with van der Waals surface area (Å²) in [6.07, 6.45) is 3.63. The second-order valence-electron chi connectivity index (χ2n) is 4.92. The van der Waals surface area contributed by atoms with Crippen LogP contribution in [-0.4, -0.2) is 44.6 Å². The van der Waals surface area contributed by atoms with Crippen LogP contribution >= 0.6 is 0 Å². The van der Waals surface area contributed by atoms with Gasteiger partial charge in [-0.15, -0.1) is 0 Å². The Morgan fingerprint density at radius 2 is 2.39 bits per heavy atom. The molecule has 18 heavy (non-hydrogen) atoms. The van der Waals surface area contributed by atoms with Gasteiger partial charge < -0.3 is 10.0 Å². The Morgan fingerprint density at radius 3 is 3.06 bits per heavy atom. The lowest BCUT2D eigenvalue weighted by Gasteiger charge is -2.25. The van der Waals surface area contributed by atoms with E-state index >= 15 is 0 Å². The van der Waals surface area contributed by atoms with Crippen molar-refractivity contribution in [3.63, 3.8) is 0 Å². The van der Waals surface area contributed by atoms with E-state index < -0.39 is 0 Å². The van der Waals surface area contributed by atoms with E-state index in [0.29, 0.717) is 12.1 Å². The Kier molecular flexibility index (Phi) is 3.91.